The van der Waals surface area contributed by atoms with Gasteiger partial charge in [0.25, 0.3) is 5.91 Å². The molecule has 0 saturated carbocycles. The Morgan fingerprint density at radius 2 is 1.78 bits per heavy atom. The molecule has 41 heavy (non-hydrogen) atoms. The van der Waals surface area contributed by atoms with Crippen LogP contribution in [0.25, 0.3) is 11.1 Å². The normalized spacial score (nSPS) is 16.1. The molecule has 9 nitrogen and oxygen atoms in total. The summed E-state index contributed by atoms with van der Waals surface area (Å²) in [4.78, 5) is 29.1. The average Bonchev–Trinajstić information content (AvgIpc) is 2.96. The standard InChI is InChI=1S/C31H34FN3O6/c1-19-6-7-20(32)16-26(19)40-18-24-22(10-11-25-28(24)34(4)29(36)31(2,3)33-25)23-9-8-21(17-27(23)38-5)41-30(37)35-12-14-39-15-13-35/h6-11,16-17,33H,12-15,18H2,1-5H3. The molecule has 1 fully saturated rings. The molecule has 0 spiro atoms. The molecule has 1 saturated heterocycles. The van der Waals surface area contributed by atoms with E-state index in [1.807, 2.05) is 32.9 Å². The second-order valence-electron chi connectivity index (χ2n) is 10.6. The predicted octanol–water partition coefficient (Wildman–Crippen LogP) is 5.39. The Hall–Kier alpha value is -4.31. The Morgan fingerprint density at radius 3 is 2.51 bits per heavy atom. The Bertz CT molecular complexity index is 1480. The summed E-state index contributed by atoms with van der Waals surface area (Å²) in [7, 11) is 3.27. The van der Waals surface area contributed by atoms with E-state index in [9.17, 15) is 14.0 Å². The lowest BCUT2D eigenvalue weighted by molar-refractivity contribution is -0.121. The smallest absolute Gasteiger partial charge is 0.415 e. The van der Waals surface area contributed by atoms with Gasteiger partial charge in [0, 0.05) is 43.4 Å². The van der Waals surface area contributed by atoms with Crippen LogP contribution in [0.5, 0.6) is 17.2 Å². The highest BCUT2D eigenvalue weighted by Gasteiger charge is 2.39. The van der Waals surface area contributed by atoms with Gasteiger partial charge >= 0.3 is 6.09 Å². The third-order valence-corrected chi connectivity index (χ3v) is 7.36. The molecule has 5 rings (SSSR count). The predicted molar refractivity (Wildman–Crippen MR) is 153 cm³/mol. The van der Waals surface area contributed by atoms with Crippen molar-refractivity contribution >= 4 is 23.4 Å². The van der Waals surface area contributed by atoms with E-state index < -0.39 is 17.4 Å². The maximum Gasteiger partial charge on any atom is 0.415 e. The number of benzene rings is 3. The molecule has 0 atom stereocenters. The number of anilines is 2. The molecule has 3 aromatic carbocycles. The number of fused-ring (bicyclic) bond motifs is 1. The summed E-state index contributed by atoms with van der Waals surface area (Å²) in [5.74, 6) is 0.703. The van der Waals surface area contributed by atoms with Crippen molar-refractivity contribution in [3.8, 4) is 28.4 Å². The molecule has 0 unspecified atom stereocenters. The number of likely N-dealkylation sites (N-methyl/N-ethyl adjacent to an activating group) is 1. The van der Waals surface area contributed by atoms with E-state index in [1.54, 1.807) is 41.1 Å². The van der Waals surface area contributed by atoms with Crippen LogP contribution in [-0.2, 0) is 16.1 Å². The zero-order valence-corrected chi connectivity index (χ0v) is 23.9. The summed E-state index contributed by atoms with van der Waals surface area (Å²) >= 11 is 0. The van der Waals surface area contributed by atoms with Gasteiger partial charge in [-0.3, -0.25) is 4.79 Å². The number of hydrogen-bond acceptors (Lipinski definition) is 7. The molecule has 10 heteroatoms. The van der Waals surface area contributed by atoms with Crippen LogP contribution in [0.2, 0.25) is 0 Å². The Balaban J connectivity index is 1.55. The fourth-order valence-corrected chi connectivity index (χ4v) is 5.18. The van der Waals surface area contributed by atoms with Gasteiger partial charge in [0.1, 0.15) is 35.2 Å². The average molecular weight is 564 g/mol. The number of nitrogens with zero attached hydrogens (tertiary/aromatic N) is 2. The van der Waals surface area contributed by atoms with Gasteiger partial charge < -0.3 is 34.1 Å². The van der Waals surface area contributed by atoms with Gasteiger partial charge in [-0.15, -0.1) is 0 Å². The maximum absolute atomic E-state index is 14.0. The zero-order valence-electron chi connectivity index (χ0n) is 23.9. The van der Waals surface area contributed by atoms with E-state index >= 15 is 0 Å². The van der Waals surface area contributed by atoms with Crippen LogP contribution in [-0.4, -0.2) is 62.9 Å². The molecule has 2 aliphatic rings. The van der Waals surface area contributed by atoms with Gasteiger partial charge in [-0.05, 0) is 56.2 Å². The largest absolute Gasteiger partial charge is 0.496 e. The third-order valence-electron chi connectivity index (χ3n) is 7.36. The molecular weight excluding hydrogens is 529 g/mol. The minimum absolute atomic E-state index is 0.0550. The molecule has 0 aromatic heterocycles. The molecule has 2 heterocycles. The number of halogens is 1. The van der Waals surface area contributed by atoms with Crippen molar-refractivity contribution in [3.05, 3.63) is 65.5 Å². The lowest BCUT2D eigenvalue weighted by Gasteiger charge is -2.39. The number of methoxy groups -OCH3 is 1. The van der Waals surface area contributed by atoms with Crippen molar-refractivity contribution in [2.75, 3.05) is 50.7 Å². The van der Waals surface area contributed by atoms with Crippen LogP contribution < -0.4 is 24.4 Å². The number of carbonyl (C=O) groups excluding carboxylic acids is 2. The molecule has 2 amide bonds. The molecule has 3 aromatic rings. The van der Waals surface area contributed by atoms with Gasteiger partial charge in [-0.25, -0.2) is 9.18 Å². The van der Waals surface area contributed by atoms with Crippen molar-refractivity contribution in [2.45, 2.75) is 32.9 Å². The van der Waals surface area contributed by atoms with Gasteiger partial charge in [-0.1, -0.05) is 12.1 Å². The molecule has 216 valence electrons. The Kier molecular flexibility index (Phi) is 7.77. The number of nitrogens with one attached hydrogen (secondary N) is 1. The highest BCUT2D eigenvalue weighted by Crippen LogP contribution is 2.45. The second kappa shape index (κ2) is 11.3. The zero-order chi connectivity index (χ0) is 29.3. The van der Waals surface area contributed by atoms with E-state index in [1.165, 1.54) is 19.2 Å². The number of carbonyl (C=O) groups is 2. The number of morpholine rings is 1. The molecule has 0 bridgehead atoms. The summed E-state index contributed by atoms with van der Waals surface area (Å²) in [5, 5.41) is 3.34. The van der Waals surface area contributed by atoms with Crippen molar-refractivity contribution < 1.29 is 32.9 Å². The SMILES string of the molecule is COc1cc(OC(=O)N2CCOCC2)ccc1-c1ccc2c(c1COc1cc(F)ccc1C)N(C)C(=O)C(C)(C)N2. The summed E-state index contributed by atoms with van der Waals surface area (Å²) in [5.41, 5.74) is 3.58. The maximum atomic E-state index is 14.0. The van der Waals surface area contributed by atoms with Gasteiger partial charge in [0.15, 0.2) is 0 Å². The van der Waals surface area contributed by atoms with Crippen molar-refractivity contribution in [2.24, 2.45) is 0 Å². The summed E-state index contributed by atoms with van der Waals surface area (Å²) < 4.78 is 36.8. The quantitative estimate of drug-likeness (QED) is 0.430. The van der Waals surface area contributed by atoms with Crippen LogP contribution in [0.15, 0.2) is 48.5 Å². The number of aryl methyl sites for hydroxylation is 1. The third kappa shape index (κ3) is 5.65. The molecule has 0 aliphatic carbocycles. The lowest BCUT2D eigenvalue weighted by Crippen LogP contribution is -2.52. The Labute approximate surface area is 238 Å². The van der Waals surface area contributed by atoms with E-state index in [2.05, 4.69) is 5.32 Å². The monoisotopic (exact) mass is 563 g/mol. The van der Waals surface area contributed by atoms with E-state index in [4.69, 9.17) is 18.9 Å². The van der Waals surface area contributed by atoms with E-state index in [-0.39, 0.29) is 12.5 Å². The Morgan fingerprint density at radius 1 is 1.05 bits per heavy atom. The molecule has 0 radical (unpaired) electrons. The first-order valence-corrected chi connectivity index (χ1v) is 13.4. The van der Waals surface area contributed by atoms with Crippen molar-refractivity contribution in [1.82, 2.24) is 4.90 Å². The second-order valence-corrected chi connectivity index (χ2v) is 10.6. The fourth-order valence-electron chi connectivity index (χ4n) is 5.18. The van der Waals surface area contributed by atoms with Crippen molar-refractivity contribution in [1.29, 1.82) is 0 Å². The molecule has 1 N–H and O–H groups in total. The molecule has 2 aliphatic heterocycles. The topological polar surface area (TPSA) is 89.6 Å². The van der Waals surface area contributed by atoms with Crippen LogP contribution >= 0.6 is 0 Å². The van der Waals surface area contributed by atoms with Crippen molar-refractivity contribution in [3.63, 3.8) is 0 Å². The highest BCUT2D eigenvalue weighted by atomic mass is 19.1. The summed E-state index contributed by atoms with van der Waals surface area (Å²) in [6.45, 7) is 7.43. The van der Waals surface area contributed by atoms with Gasteiger partial charge in [0.2, 0.25) is 0 Å². The first-order chi connectivity index (χ1) is 19.6. The summed E-state index contributed by atoms with van der Waals surface area (Å²) in [6.07, 6.45) is -0.453. The van der Waals surface area contributed by atoms with Gasteiger partial charge in [-0.2, -0.15) is 0 Å². The van der Waals surface area contributed by atoms with E-state index in [0.29, 0.717) is 60.4 Å². The number of ether oxygens (including phenoxy) is 4. The van der Waals surface area contributed by atoms with E-state index in [0.717, 1.165) is 16.8 Å². The number of hydrogen-bond donors (Lipinski definition) is 1. The summed E-state index contributed by atoms with van der Waals surface area (Å²) in [6, 6.07) is 13.4. The lowest BCUT2D eigenvalue weighted by atomic mass is 9.91. The van der Waals surface area contributed by atoms with Gasteiger partial charge in [0.05, 0.1) is 31.7 Å². The highest BCUT2D eigenvalue weighted by molar-refractivity contribution is 6.08. The first kappa shape index (κ1) is 28.2. The van der Waals surface area contributed by atoms with Crippen LogP contribution in [0.1, 0.15) is 25.0 Å². The van der Waals surface area contributed by atoms with Crippen LogP contribution in [0.3, 0.4) is 0 Å². The van der Waals surface area contributed by atoms with Crippen LogP contribution in [0.4, 0.5) is 20.6 Å². The minimum atomic E-state index is -0.801. The minimum Gasteiger partial charge on any atom is -0.496 e. The molecular formula is C31H34FN3O6. The number of rotatable bonds is 6. The number of amides is 2. The first-order valence-electron chi connectivity index (χ1n) is 13.4. The van der Waals surface area contributed by atoms with Crippen LogP contribution in [0, 0.1) is 12.7 Å². The fraction of sp³-hybridized carbons (Fsp3) is 0.355.